The van der Waals surface area contributed by atoms with Gasteiger partial charge < -0.3 is 107 Å². The summed E-state index contributed by atoms with van der Waals surface area (Å²) in [6, 6.07) is 7.54. The predicted molar refractivity (Wildman–Crippen MR) is 441 cm³/mol. The number of carbonyl (C=O) groups is 17. The minimum atomic E-state index is -1.98. The van der Waals surface area contributed by atoms with Gasteiger partial charge in [0.2, 0.25) is 100 Å². The number of benzene rings is 4. The van der Waals surface area contributed by atoms with E-state index in [1.54, 1.807) is 79.7 Å². The van der Waals surface area contributed by atoms with Gasteiger partial charge >= 0.3 is 0 Å². The molecule has 37 nitrogen and oxygen atoms in total. The first-order valence-corrected chi connectivity index (χ1v) is 38.9. The van der Waals surface area contributed by atoms with E-state index < -0.39 is 208 Å². The van der Waals surface area contributed by atoms with E-state index in [2.05, 4.69) is 86.7 Å². The predicted octanol–water partition coefficient (Wildman–Crippen LogP) is -2.38. The first-order valence-electron chi connectivity index (χ1n) is 38.0. The van der Waals surface area contributed by atoms with Gasteiger partial charge in [-0.3, -0.25) is 81.5 Å². The molecule has 5 rings (SSSR count). The molecule has 39 heteroatoms. The van der Waals surface area contributed by atoms with Gasteiger partial charge in [0.05, 0.1) is 26.1 Å². The smallest absolute Gasteiger partial charge is 0.245 e. The van der Waals surface area contributed by atoms with Crippen LogP contribution < -0.4 is 96.8 Å². The van der Waals surface area contributed by atoms with Crippen LogP contribution in [0.1, 0.15) is 137 Å². The number of primary amides is 4. The number of aliphatic hydroxyl groups is 1. The number of aromatic nitrogens is 1. The summed E-state index contributed by atoms with van der Waals surface area (Å²) in [5.74, 6) is -16.3. The van der Waals surface area contributed by atoms with E-state index in [-0.39, 0.29) is 57.4 Å². The van der Waals surface area contributed by atoms with Crippen LogP contribution in [0.4, 0.5) is 0 Å². The van der Waals surface area contributed by atoms with Crippen LogP contribution in [0.25, 0.3) is 21.7 Å². The van der Waals surface area contributed by atoms with E-state index in [0.29, 0.717) is 33.3 Å². The van der Waals surface area contributed by atoms with Crippen molar-refractivity contribution in [3.63, 3.8) is 0 Å². The van der Waals surface area contributed by atoms with E-state index in [1.807, 2.05) is 18.2 Å². The molecule has 0 aliphatic heterocycles. The normalized spacial score (nSPS) is 14.6. The fourth-order valence-corrected chi connectivity index (χ4v) is 12.8. The Hall–Kier alpha value is -11.9. The van der Waals surface area contributed by atoms with E-state index in [1.165, 1.54) is 61.8 Å². The number of nitrogens with one attached hydrogen (secondary N) is 14. The molecule has 0 aliphatic rings. The lowest BCUT2D eigenvalue weighted by molar-refractivity contribution is -0.138. The Bertz CT molecular complexity index is 4490. The first-order chi connectivity index (χ1) is 55.2. The number of amides is 17. The Morgan fingerprint density at radius 3 is 1.49 bits per heavy atom. The summed E-state index contributed by atoms with van der Waals surface area (Å²) in [6.45, 7) is 13.7. The Morgan fingerprint density at radius 2 is 0.941 bits per heavy atom. The van der Waals surface area contributed by atoms with Crippen molar-refractivity contribution in [1.82, 2.24) is 74.1 Å². The zero-order valence-electron chi connectivity index (χ0n) is 67.7. The molecule has 0 radical (unpaired) electrons. The summed E-state index contributed by atoms with van der Waals surface area (Å²) in [7, 11) is 1.42. The Labute approximate surface area is 693 Å². The molecule has 23 N–H and O–H groups in total. The molecule has 642 valence electrons. The fraction of sp³-hybridized carbons (Fsp3) is 0.481. The van der Waals surface area contributed by atoms with Gasteiger partial charge in [-0.05, 0) is 126 Å². The van der Waals surface area contributed by atoms with E-state index in [9.17, 15) is 62.6 Å². The summed E-state index contributed by atoms with van der Waals surface area (Å²) in [5, 5.41) is 46.2. The number of H-pyrrole nitrogens is 1. The van der Waals surface area contributed by atoms with E-state index in [0.717, 1.165) is 24.6 Å². The Kier molecular flexibility index (Phi) is 36.4. The van der Waals surface area contributed by atoms with Gasteiger partial charge in [0.25, 0.3) is 0 Å². The van der Waals surface area contributed by atoms with E-state index in [4.69, 9.17) is 40.3 Å². The SMILES string of the molecule is CC[C@H](NC(=O)[C@H](CC(N)=O)NC(=O)[C@H](CCCCNC(C)=O)NC(=O)C(C)(C)NC(=O)[C@H](Cc1ccc2ccccc2c1)NC(=O)[C@H](Cc1ccc(OC)cc1)NC(=O)[C@@H](NC(=O)[C@H](CCC(N)=O)NC(=O)[C@H](Cc1c[nH]c2ccccc12)NC(=O)[C@@H](NC(=O)[C@H](CC(N)=O)NC(=O)[C@@H](NC(C)=O)C(C)(C)S)[C@@H](C)O)C(C)(C)S)C(N)=O. The van der Waals surface area contributed by atoms with Crippen LogP contribution in [0.15, 0.2) is 97.2 Å². The Morgan fingerprint density at radius 1 is 0.475 bits per heavy atom. The maximum atomic E-state index is 15.4. The molecule has 1 aromatic heterocycles. The number of ether oxygens (including phenoxy) is 1. The number of hydrogen-bond acceptors (Lipinski definition) is 21. The number of hydrogen-bond donors (Lipinski definition) is 21. The zero-order valence-corrected chi connectivity index (χ0v) is 69.4. The molecule has 5 aromatic rings. The van der Waals surface area contributed by atoms with Crippen molar-refractivity contribution in [2.45, 2.75) is 227 Å². The summed E-state index contributed by atoms with van der Waals surface area (Å²) in [6.07, 6.45) is -3.57. The highest BCUT2D eigenvalue weighted by molar-refractivity contribution is 7.82. The average molecular weight is 1680 g/mol. The van der Waals surface area contributed by atoms with Crippen molar-refractivity contribution in [2.24, 2.45) is 22.9 Å². The molecule has 118 heavy (non-hydrogen) atoms. The number of thiol groups is 2. The number of nitrogens with two attached hydrogens (primary N) is 4. The molecule has 4 aromatic carbocycles. The maximum Gasteiger partial charge on any atom is 0.245 e. The molecule has 12 atom stereocenters. The molecule has 0 bridgehead atoms. The lowest BCUT2D eigenvalue weighted by atomic mass is 9.97. The molecule has 0 spiro atoms. The van der Waals surface area contributed by atoms with Crippen LogP contribution in [0.5, 0.6) is 5.75 Å². The van der Waals surface area contributed by atoms with Crippen molar-refractivity contribution in [1.29, 1.82) is 0 Å². The second-order valence-electron chi connectivity index (χ2n) is 30.3. The third kappa shape index (κ3) is 30.6. The number of methoxy groups -OCH3 is 1. The average Bonchev–Trinajstić information content (AvgIpc) is 1.51. The van der Waals surface area contributed by atoms with Crippen molar-refractivity contribution >= 4 is 147 Å². The molecule has 1 heterocycles. The molecular weight excluding hydrogens is 1570 g/mol. The maximum absolute atomic E-state index is 15.4. The molecule has 0 fully saturated rings. The summed E-state index contributed by atoms with van der Waals surface area (Å²) >= 11 is 9.13. The molecule has 0 aliphatic carbocycles. The van der Waals surface area contributed by atoms with Crippen LogP contribution in [0, 0.1) is 0 Å². The molecule has 0 saturated heterocycles. The number of rotatable bonds is 47. The lowest BCUT2D eigenvalue weighted by Gasteiger charge is -2.33. The van der Waals surface area contributed by atoms with Crippen molar-refractivity contribution in [3.8, 4) is 5.75 Å². The van der Waals surface area contributed by atoms with Crippen LogP contribution in [-0.2, 0) is 101 Å². The highest BCUT2D eigenvalue weighted by Gasteiger charge is 2.43. The number of fused-ring (bicyclic) bond motifs is 2. The summed E-state index contributed by atoms with van der Waals surface area (Å²) in [5.41, 5.74) is 22.0. The van der Waals surface area contributed by atoms with Gasteiger partial charge in [-0.25, -0.2) is 0 Å². The topological polar surface area (TPSA) is 596 Å². The number of aromatic amines is 1. The standard InChI is InChI=1S/C79H110N18O19S2/c1-12-50(65(83)104)87-70(109)57(37-60(81)102)90-66(105)52(23-17-18-32-84-41(3)99)94-76(115)77(5,6)97-72(111)55(35-44-24-27-45-19-13-14-20-46(45)33-44)89-68(107)54(34-43-25-28-48(116-11)29-26-43)92-75(114)64(79(9,10)118)96-67(106)53(30-31-59(80)101)88-69(108)56(36-47-39-85-51-22-16-15-21-49(47)51)91-73(112)62(40(2)98)95-71(110)58(38-61(82)103)93-74(113)63(78(7,8)117)86-42(4)100/h13-16,19-22,24-29,33,39-40,50,52-58,62-64,85,98,117-118H,12,17-18,23,30-32,34-38H2,1-11H3,(H2,80,101)(H2,81,102)(H2,82,103)(H2,83,104)(H,84,99)(H,86,100)(H,87,109)(H,88,108)(H,89,107)(H,90,105)(H,91,112)(H,92,114)(H,93,113)(H,94,115)(H,95,110)(H,96,106)(H,97,111)/t40-,50+,52+,53+,54+,55+,56+,57+,58+,62+,63-,64-/m1/s1. The van der Waals surface area contributed by atoms with Crippen molar-refractivity contribution in [3.05, 3.63) is 114 Å². The van der Waals surface area contributed by atoms with Crippen LogP contribution in [0.3, 0.4) is 0 Å². The highest BCUT2D eigenvalue weighted by Crippen LogP contribution is 2.25. The van der Waals surface area contributed by atoms with Gasteiger partial charge in [-0.2, -0.15) is 25.3 Å². The number of unbranched alkanes of at least 4 members (excludes halogenated alkanes) is 1. The molecular formula is C79H110N18O19S2. The second-order valence-corrected chi connectivity index (χ2v) is 32.6. The van der Waals surface area contributed by atoms with Gasteiger partial charge in [-0.15, -0.1) is 0 Å². The lowest BCUT2D eigenvalue weighted by Crippen LogP contribution is -2.64. The molecule has 0 unspecified atom stereocenters. The van der Waals surface area contributed by atoms with Crippen LogP contribution in [-0.4, -0.2) is 212 Å². The van der Waals surface area contributed by atoms with Gasteiger partial charge in [0.1, 0.15) is 77.7 Å². The molecule has 0 saturated carbocycles. The largest absolute Gasteiger partial charge is 0.497 e. The van der Waals surface area contributed by atoms with Gasteiger partial charge in [0, 0.05) is 72.7 Å². The summed E-state index contributed by atoms with van der Waals surface area (Å²) < 4.78 is 2.54. The Balaban J connectivity index is 1.52. The number of carbonyl (C=O) groups excluding carboxylic acids is 17. The fourth-order valence-electron chi connectivity index (χ4n) is 12.4. The number of para-hydroxylation sites is 1. The van der Waals surface area contributed by atoms with E-state index >= 15 is 24.0 Å². The molecule has 17 amide bonds. The van der Waals surface area contributed by atoms with Crippen LogP contribution >= 0.6 is 25.3 Å². The van der Waals surface area contributed by atoms with Crippen molar-refractivity contribution < 1.29 is 91.4 Å². The zero-order chi connectivity index (χ0) is 88.3. The first kappa shape index (κ1) is 96.7. The minimum absolute atomic E-state index is 0.0435. The minimum Gasteiger partial charge on any atom is -0.497 e. The highest BCUT2D eigenvalue weighted by atomic mass is 32.1. The van der Waals surface area contributed by atoms with Crippen LogP contribution in [0.2, 0.25) is 0 Å². The number of aliphatic hydroxyl groups excluding tert-OH is 1. The second kappa shape index (κ2) is 44.5. The monoisotopic (exact) mass is 1680 g/mol. The summed E-state index contributed by atoms with van der Waals surface area (Å²) in [4.78, 5) is 237. The van der Waals surface area contributed by atoms with Gasteiger partial charge in [-0.1, -0.05) is 79.7 Å². The van der Waals surface area contributed by atoms with Crippen molar-refractivity contribution in [2.75, 3.05) is 13.7 Å². The third-order valence-corrected chi connectivity index (χ3v) is 19.4. The third-order valence-electron chi connectivity index (χ3n) is 18.9. The quantitative estimate of drug-likeness (QED) is 0.0143. The van der Waals surface area contributed by atoms with Gasteiger partial charge in [0.15, 0.2) is 0 Å².